The molecule has 1 fully saturated rings. The highest BCUT2D eigenvalue weighted by molar-refractivity contribution is 6.32. The topological polar surface area (TPSA) is 38.8 Å². The number of halogens is 1. The van der Waals surface area contributed by atoms with Crippen molar-refractivity contribution in [3.63, 3.8) is 0 Å². The lowest BCUT2D eigenvalue weighted by Gasteiger charge is -2.36. The molecule has 0 spiro atoms. The van der Waals surface area contributed by atoms with Gasteiger partial charge in [-0.3, -0.25) is 4.79 Å². The predicted octanol–water partition coefficient (Wildman–Crippen LogP) is 4.01. The molecule has 0 radical (unpaired) electrons. The number of nitrogens with zero attached hydrogens (tertiary/aromatic N) is 1. The van der Waals surface area contributed by atoms with E-state index < -0.39 is 0 Å². The number of carbonyl (C=O) groups is 1. The molecule has 0 heterocycles. The van der Waals surface area contributed by atoms with Crippen LogP contribution in [-0.2, 0) is 0 Å². The SMILES string of the molecule is COc1cc(C(=O)N(C)C2CCCCC2C)cc(Cl)c1OC. The number of hydrogen-bond acceptors (Lipinski definition) is 3. The van der Waals surface area contributed by atoms with Crippen LogP contribution in [0.25, 0.3) is 0 Å². The van der Waals surface area contributed by atoms with Gasteiger partial charge in [0.1, 0.15) is 0 Å². The highest BCUT2D eigenvalue weighted by Gasteiger charge is 2.29. The van der Waals surface area contributed by atoms with Crippen molar-refractivity contribution in [2.45, 2.75) is 38.6 Å². The van der Waals surface area contributed by atoms with Crippen molar-refractivity contribution >= 4 is 17.5 Å². The molecule has 1 aliphatic rings. The quantitative estimate of drug-likeness (QED) is 0.839. The third-order valence-corrected chi connectivity index (χ3v) is 4.85. The van der Waals surface area contributed by atoms with E-state index in [4.69, 9.17) is 21.1 Å². The molecular formula is C17H24ClNO3. The molecular weight excluding hydrogens is 302 g/mol. The zero-order valence-corrected chi connectivity index (χ0v) is 14.4. The van der Waals surface area contributed by atoms with E-state index in [1.807, 2.05) is 11.9 Å². The molecule has 5 heteroatoms. The Hall–Kier alpha value is -1.42. The van der Waals surface area contributed by atoms with Gasteiger partial charge in [0.15, 0.2) is 11.5 Å². The van der Waals surface area contributed by atoms with E-state index >= 15 is 0 Å². The second kappa shape index (κ2) is 7.23. The zero-order chi connectivity index (χ0) is 16.3. The smallest absolute Gasteiger partial charge is 0.254 e. The van der Waals surface area contributed by atoms with E-state index in [2.05, 4.69) is 6.92 Å². The van der Waals surface area contributed by atoms with Gasteiger partial charge >= 0.3 is 0 Å². The second-order valence-electron chi connectivity index (χ2n) is 5.94. The van der Waals surface area contributed by atoms with Crippen molar-refractivity contribution in [2.24, 2.45) is 5.92 Å². The molecule has 1 amide bonds. The first-order valence-corrected chi connectivity index (χ1v) is 8.06. The molecule has 0 saturated heterocycles. The minimum atomic E-state index is -0.0263. The van der Waals surface area contributed by atoms with E-state index in [1.165, 1.54) is 33.5 Å². The van der Waals surface area contributed by atoms with Gasteiger partial charge in [0, 0.05) is 18.7 Å². The molecule has 1 aliphatic carbocycles. The number of amides is 1. The maximum Gasteiger partial charge on any atom is 0.254 e. The molecule has 2 atom stereocenters. The van der Waals surface area contributed by atoms with Crippen LogP contribution in [0.4, 0.5) is 0 Å². The maximum absolute atomic E-state index is 12.8. The van der Waals surface area contributed by atoms with Crippen LogP contribution in [0.5, 0.6) is 11.5 Å². The number of methoxy groups -OCH3 is 2. The molecule has 0 N–H and O–H groups in total. The van der Waals surface area contributed by atoms with Crippen LogP contribution in [0.15, 0.2) is 12.1 Å². The van der Waals surface area contributed by atoms with Crippen LogP contribution >= 0.6 is 11.6 Å². The molecule has 122 valence electrons. The van der Waals surface area contributed by atoms with Gasteiger partial charge in [-0.2, -0.15) is 0 Å². The number of hydrogen-bond donors (Lipinski definition) is 0. The van der Waals surface area contributed by atoms with Gasteiger partial charge in [0.2, 0.25) is 0 Å². The van der Waals surface area contributed by atoms with Crippen LogP contribution < -0.4 is 9.47 Å². The van der Waals surface area contributed by atoms with Gasteiger partial charge < -0.3 is 14.4 Å². The third-order valence-electron chi connectivity index (χ3n) is 4.56. The lowest BCUT2D eigenvalue weighted by molar-refractivity contribution is 0.0628. The highest BCUT2D eigenvalue weighted by atomic mass is 35.5. The molecule has 0 aliphatic heterocycles. The summed E-state index contributed by atoms with van der Waals surface area (Å²) in [6, 6.07) is 3.62. The fourth-order valence-corrected chi connectivity index (χ4v) is 3.56. The minimum absolute atomic E-state index is 0.0263. The molecule has 0 bridgehead atoms. The fourth-order valence-electron chi connectivity index (χ4n) is 3.27. The summed E-state index contributed by atoms with van der Waals surface area (Å²) in [7, 11) is 4.94. The van der Waals surface area contributed by atoms with E-state index in [0.29, 0.717) is 28.0 Å². The number of carbonyl (C=O) groups excluding carboxylic acids is 1. The van der Waals surface area contributed by atoms with Crippen LogP contribution in [0.1, 0.15) is 43.0 Å². The summed E-state index contributed by atoms with van der Waals surface area (Å²) in [5.41, 5.74) is 0.530. The van der Waals surface area contributed by atoms with Crippen molar-refractivity contribution < 1.29 is 14.3 Å². The van der Waals surface area contributed by atoms with Crippen molar-refractivity contribution in [2.75, 3.05) is 21.3 Å². The number of benzene rings is 1. The molecule has 1 saturated carbocycles. The standard InChI is InChI=1S/C17H24ClNO3/c1-11-7-5-6-8-14(11)19(2)17(20)12-9-13(18)16(22-4)15(10-12)21-3/h9-11,14H,5-8H2,1-4H3. The predicted molar refractivity (Wildman–Crippen MR) is 88.1 cm³/mol. The van der Waals surface area contributed by atoms with E-state index in [-0.39, 0.29) is 11.9 Å². The third kappa shape index (κ3) is 3.32. The Labute approximate surface area is 137 Å². The van der Waals surface area contributed by atoms with Gasteiger partial charge in [0.25, 0.3) is 5.91 Å². The molecule has 1 aromatic carbocycles. The number of ether oxygens (including phenoxy) is 2. The highest BCUT2D eigenvalue weighted by Crippen LogP contribution is 2.37. The summed E-state index contributed by atoms with van der Waals surface area (Å²) in [6.45, 7) is 2.22. The molecule has 0 aromatic heterocycles. The first kappa shape index (κ1) is 16.9. The van der Waals surface area contributed by atoms with Crippen molar-refractivity contribution in [1.29, 1.82) is 0 Å². The summed E-state index contributed by atoms with van der Waals surface area (Å²) in [5, 5.41) is 0.385. The largest absolute Gasteiger partial charge is 0.493 e. The van der Waals surface area contributed by atoms with Crippen LogP contribution in [-0.4, -0.2) is 38.1 Å². The maximum atomic E-state index is 12.8. The van der Waals surface area contributed by atoms with Crippen LogP contribution in [0.2, 0.25) is 5.02 Å². The Balaban J connectivity index is 2.27. The Morgan fingerprint density at radius 1 is 1.23 bits per heavy atom. The van der Waals surface area contributed by atoms with Crippen molar-refractivity contribution in [3.8, 4) is 11.5 Å². The Morgan fingerprint density at radius 2 is 1.91 bits per heavy atom. The van der Waals surface area contributed by atoms with Gasteiger partial charge in [-0.15, -0.1) is 0 Å². The Bertz CT molecular complexity index is 547. The lowest BCUT2D eigenvalue weighted by Crippen LogP contribution is -2.42. The molecule has 4 nitrogen and oxygen atoms in total. The summed E-state index contributed by atoms with van der Waals surface area (Å²) in [5.74, 6) is 1.43. The second-order valence-corrected chi connectivity index (χ2v) is 6.35. The molecule has 1 aromatic rings. The molecule has 2 rings (SSSR count). The van der Waals surface area contributed by atoms with Crippen molar-refractivity contribution in [3.05, 3.63) is 22.7 Å². The van der Waals surface area contributed by atoms with E-state index in [1.54, 1.807) is 12.1 Å². The van der Waals surface area contributed by atoms with Gasteiger partial charge in [0.05, 0.1) is 19.2 Å². The average Bonchev–Trinajstić information content (AvgIpc) is 2.53. The average molecular weight is 326 g/mol. The first-order chi connectivity index (χ1) is 10.5. The Morgan fingerprint density at radius 3 is 2.50 bits per heavy atom. The first-order valence-electron chi connectivity index (χ1n) is 7.68. The minimum Gasteiger partial charge on any atom is -0.493 e. The number of rotatable bonds is 4. The lowest BCUT2D eigenvalue weighted by atomic mass is 9.85. The Kier molecular flexibility index (Phi) is 5.57. The fraction of sp³-hybridized carbons (Fsp3) is 0.588. The van der Waals surface area contributed by atoms with Crippen LogP contribution in [0.3, 0.4) is 0 Å². The molecule has 22 heavy (non-hydrogen) atoms. The van der Waals surface area contributed by atoms with Crippen molar-refractivity contribution in [1.82, 2.24) is 4.90 Å². The van der Waals surface area contributed by atoms with E-state index in [0.717, 1.165) is 6.42 Å². The summed E-state index contributed by atoms with van der Waals surface area (Å²) in [6.07, 6.45) is 4.67. The summed E-state index contributed by atoms with van der Waals surface area (Å²) < 4.78 is 10.5. The zero-order valence-electron chi connectivity index (χ0n) is 13.7. The molecule has 2 unspecified atom stereocenters. The van der Waals surface area contributed by atoms with Crippen LogP contribution in [0, 0.1) is 5.92 Å². The summed E-state index contributed by atoms with van der Waals surface area (Å²) >= 11 is 6.20. The van der Waals surface area contributed by atoms with Gasteiger partial charge in [-0.25, -0.2) is 0 Å². The normalized spacial score (nSPS) is 21.3. The summed E-state index contributed by atoms with van der Waals surface area (Å²) in [4.78, 5) is 14.6. The monoisotopic (exact) mass is 325 g/mol. The van der Waals surface area contributed by atoms with Gasteiger partial charge in [-0.1, -0.05) is 31.4 Å². The van der Waals surface area contributed by atoms with E-state index in [9.17, 15) is 4.79 Å². The van der Waals surface area contributed by atoms with Gasteiger partial charge in [-0.05, 0) is 30.9 Å².